The number of carbonyl (C=O) groups excluding carboxylic acids is 2. The van der Waals surface area contributed by atoms with Crippen LogP contribution in [0.3, 0.4) is 0 Å². The second-order valence-electron chi connectivity index (χ2n) is 4.52. The minimum Gasteiger partial charge on any atom is -0.341 e. The Kier molecular flexibility index (Phi) is 7.14. The molecule has 1 unspecified atom stereocenters. The van der Waals surface area contributed by atoms with Gasteiger partial charge in [-0.15, -0.1) is 13.2 Å². The molecule has 0 aliphatic carbocycles. The van der Waals surface area contributed by atoms with E-state index in [2.05, 4.69) is 41.1 Å². The van der Waals surface area contributed by atoms with Crippen molar-refractivity contribution in [2.75, 3.05) is 13.1 Å². The van der Waals surface area contributed by atoms with E-state index >= 15 is 0 Å². The van der Waals surface area contributed by atoms with Crippen LogP contribution < -0.4 is 5.32 Å². The van der Waals surface area contributed by atoms with E-state index < -0.39 is 6.04 Å². The van der Waals surface area contributed by atoms with Crippen LogP contribution in [0.15, 0.2) is 49.6 Å². The number of benzene rings is 1. The van der Waals surface area contributed by atoms with Gasteiger partial charge in [-0.2, -0.15) is 0 Å². The van der Waals surface area contributed by atoms with E-state index in [-0.39, 0.29) is 11.8 Å². The third-order valence-electron chi connectivity index (χ3n) is 2.84. The number of nitrogens with one attached hydrogen (secondary N) is 1. The Balaban J connectivity index is 2.69. The monoisotopic (exact) mass is 398 g/mol. The molecule has 21 heavy (non-hydrogen) atoms. The van der Waals surface area contributed by atoms with Gasteiger partial charge in [-0.25, -0.2) is 0 Å². The van der Waals surface area contributed by atoms with Gasteiger partial charge in [0.1, 0.15) is 6.04 Å². The Morgan fingerprint density at radius 2 is 1.76 bits per heavy atom. The van der Waals surface area contributed by atoms with E-state index in [9.17, 15) is 9.59 Å². The van der Waals surface area contributed by atoms with Crippen molar-refractivity contribution in [3.8, 4) is 0 Å². The first-order valence-corrected chi connectivity index (χ1v) is 7.64. The maximum absolute atomic E-state index is 12.3. The molecule has 0 bridgehead atoms. The van der Waals surface area contributed by atoms with Crippen molar-refractivity contribution in [3.63, 3.8) is 0 Å². The summed E-state index contributed by atoms with van der Waals surface area (Å²) >= 11 is 2.17. The Hall–Kier alpha value is -1.63. The van der Waals surface area contributed by atoms with Gasteiger partial charge in [0.15, 0.2) is 0 Å². The van der Waals surface area contributed by atoms with Crippen molar-refractivity contribution >= 4 is 34.4 Å². The van der Waals surface area contributed by atoms with Gasteiger partial charge in [0.25, 0.3) is 5.91 Å². The van der Waals surface area contributed by atoms with Gasteiger partial charge in [0.2, 0.25) is 5.91 Å². The molecule has 0 heterocycles. The molecule has 5 heteroatoms. The summed E-state index contributed by atoms with van der Waals surface area (Å²) in [6.45, 7) is 9.77. The SMILES string of the molecule is C=CCN(CC=C)C(=O)C(C)NC(=O)c1ccc(I)cc1. The number of hydrogen-bond acceptors (Lipinski definition) is 2. The lowest BCUT2D eigenvalue weighted by molar-refractivity contribution is -0.131. The van der Waals surface area contributed by atoms with Crippen LogP contribution in [0.4, 0.5) is 0 Å². The summed E-state index contributed by atoms with van der Waals surface area (Å²) < 4.78 is 1.05. The highest BCUT2D eigenvalue weighted by Crippen LogP contribution is 2.07. The standard InChI is InChI=1S/C16H19IN2O2/c1-4-10-19(11-5-2)16(21)12(3)18-15(20)13-6-8-14(17)9-7-13/h4-9,12H,1-2,10-11H2,3H3,(H,18,20). The van der Waals surface area contributed by atoms with Gasteiger partial charge in [0, 0.05) is 22.2 Å². The fourth-order valence-electron chi connectivity index (χ4n) is 1.78. The summed E-state index contributed by atoms with van der Waals surface area (Å²) in [5.74, 6) is -0.418. The Bertz CT molecular complexity index is 516. The van der Waals surface area contributed by atoms with E-state index in [1.54, 1.807) is 36.1 Å². The van der Waals surface area contributed by atoms with Crippen LogP contribution in [-0.2, 0) is 4.79 Å². The molecule has 1 aromatic rings. The second-order valence-corrected chi connectivity index (χ2v) is 5.77. The van der Waals surface area contributed by atoms with Crippen molar-refractivity contribution in [2.45, 2.75) is 13.0 Å². The summed E-state index contributed by atoms with van der Waals surface area (Å²) in [7, 11) is 0. The van der Waals surface area contributed by atoms with Crippen LogP contribution in [0.2, 0.25) is 0 Å². The average Bonchev–Trinajstić information content (AvgIpc) is 2.46. The summed E-state index contributed by atoms with van der Waals surface area (Å²) in [6, 6.07) is 6.57. The summed E-state index contributed by atoms with van der Waals surface area (Å²) in [5.41, 5.74) is 0.536. The minimum atomic E-state index is -0.600. The molecule has 2 amide bonds. The molecule has 0 aliphatic heterocycles. The molecule has 0 radical (unpaired) electrons. The molecule has 0 fully saturated rings. The van der Waals surface area contributed by atoms with Gasteiger partial charge >= 0.3 is 0 Å². The number of rotatable bonds is 7. The van der Waals surface area contributed by atoms with Gasteiger partial charge in [-0.3, -0.25) is 9.59 Å². The van der Waals surface area contributed by atoms with E-state index in [0.29, 0.717) is 18.7 Å². The highest BCUT2D eigenvalue weighted by molar-refractivity contribution is 14.1. The first-order chi connectivity index (χ1) is 9.99. The lowest BCUT2D eigenvalue weighted by atomic mass is 10.2. The Labute approximate surface area is 139 Å². The van der Waals surface area contributed by atoms with Gasteiger partial charge in [0.05, 0.1) is 0 Å². The van der Waals surface area contributed by atoms with Crippen LogP contribution in [0.1, 0.15) is 17.3 Å². The maximum Gasteiger partial charge on any atom is 0.251 e. The largest absolute Gasteiger partial charge is 0.341 e. The molecule has 1 rings (SSSR count). The number of nitrogens with zero attached hydrogens (tertiary/aromatic N) is 1. The number of halogens is 1. The number of amides is 2. The van der Waals surface area contributed by atoms with Crippen molar-refractivity contribution in [1.29, 1.82) is 0 Å². The molecule has 0 saturated heterocycles. The van der Waals surface area contributed by atoms with Crippen molar-refractivity contribution in [3.05, 3.63) is 58.7 Å². The molecule has 0 aliphatic rings. The first kappa shape index (κ1) is 17.4. The lowest BCUT2D eigenvalue weighted by Crippen LogP contribution is -2.47. The van der Waals surface area contributed by atoms with Crippen molar-refractivity contribution in [1.82, 2.24) is 10.2 Å². The van der Waals surface area contributed by atoms with E-state index in [0.717, 1.165) is 3.57 Å². The van der Waals surface area contributed by atoms with E-state index in [4.69, 9.17) is 0 Å². The molecule has 4 nitrogen and oxygen atoms in total. The van der Waals surface area contributed by atoms with Crippen LogP contribution in [-0.4, -0.2) is 35.8 Å². The van der Waals surface area contributed by atoms with Crippen LogP contribution in [0.5, 0.6) is 0 Å². The first-order valence-electron chi connectivity index (χ1n) is 6.56. The Morgan fingerprint density at radius 3 is 2.24 bits per heavy atom. The fraction of sp³-hybridized carbons (Fsp3) is 0.250. The second kappa shape index (κ2) is 8.61. The minimum absolute atomic E-state index is 0.159. The summed E-state index contributed by atoms with van der Waals surface area (Å²) in [5, 5.41) is 2.71. The molecule has 0 saturated carbocycles. The molecular weight excluding hydrogens is 379 g/mol. The average molecular weight is 398 g/mol. The van der Waals surface area contributed by atoms with E-state index in [1.165, 1.54) is 0 Å². The molecule has 1 N–H and O–H groups in total. The number of hydrogen-bond donors (Lipinski definition) is 1. The van der Waals surface area contributed by atoms with Crippen LogP contribution in [0, 0.1) is 3.57 Å². The third-order valence-corrected chi connectivity index (χ3v) is 3.55. The smallest absolute Gasteiger partial charge is 0.251 e. The normalized spacial score (nSPS) is 11.3. The fourth-order valence-corrected chi connectivity index (χ4v) is 2.14. The highest BCUT2D eigenvalue weighted by atomic mass is 127. The molecular formula is C16H19IN2O2. The Morgan fingerprint density at radius 1 is 1.24 bits per heavy atom. The third kappa shape index (κ3) is 5.34. The number of carbonyl (C=O) groups is 2. The molecule has 0 aromatic heterocycles. The highest BCUT2D eigenvalue weighted by Gasteiger charge is 2.21. The van der Waals surface area contributed by atoms with Gasteiger partial charge in [-0.1, -0.05) is 12.2 Å². The maximum atomic E-state index is 12.3. The van der Waals surface area contributed by atoms with Crippen molar-refractivity contribution in [2.24, 2.45) is 0 Å². The van der Waals surface area contributed by atoms with Crippen molar-refractivity contribution < 1.29 is 9.59 Å². The molecule has 112 valence electrons. The zero-order chi connectivity index (χ0) is 15.8. The lowest BCUT2D eigenvalue weighted by Gasteiger charge is -2.23. The van der Waals surface area contributed by atoms with Gasteiger partial charge < -0.3 is 10.2 Å². The molecule has 0 spiro atoms. The van der Waals surface area contributed by atoms with Crippen LogP contribution >= 0.6 is 22.6 Å². The molecule has 1 aromatic carbocycles. The zero-order valence-electron chi connectivity index (χ0n) is 12.0. The quantitative estimate of drug-likeness (QED) is 0.567. The molecule has 1 atom stereocenters. The predicted octanol–water partition coefficient (Wildman–Crippen LogP) is 2.61. The van der Waals surface area contributed by atoms with Crippen LogP contribution in [0.25, 0.3) is 0 Å². The summed E-state index contributed by atoms with van der Waals surface area (Å²) in [6.07, 6.45) is 3.30. The van der Waals surface area contributed by atoms with E-state index in [1.807, 2.05) is 12.1 Å². The summed E-state index contributed by atoms with van der Waals surface area (Å²) in [4.78, 5) is 25.9. The predicted molar refractivity (Wildman–Crippen MR) is 93.1 cm³/mol. The topological polar surface area (TPSA) is 49.4 Å². The zero-order valence-corrected chi connectivity index (χ0v) is 14.2. The van der Waals surface area contributed by atoms with Gasteiger partial charge in [-0.05, 0) is 53.8 Å².